The summed E-state index contributed by atoms with van der Waals surface area (Å²) in [5.41, 5.74) is 2.71. The number of aliphatic hydroxyl groups excluding tert-OH is 2. The van der Waals surface area contributed by atoms with Crippen LogP contribution in [0.3, 0.4) is 0 Å². The number of fused-ring (bicyclic) bond motifs is 5. The van der Waals surface area contributed by atoms with Crippen molar-refractivity contribution < 1.29 is 96.4 Å². The van der Waals surface area contributed by atoms with Gasteiger partial charge in [-0.25, -0.2) is 28.8 Å². The van der Waals surface area contributed by atoms with Gasteiger partial charge in [0.2, 0.25) is 11.8 Å². The second kappa shape index (κ2) is 29.9. The van der Waals surface area contributed by atoms with Crippen molar-refractivity contribution in [2.24, 2.45) is 34.1 Å². The summed E-state index contributed by atoms with van der Waals surface area (Å²) < 4.78 is 42.3. The van der Waals surface area contributed by atoms with Crippen molar-refractivity contribution in [2.45, 2.75) is 173 Å². The van der Waals surface area contributed by atoms with Crippen molar-refractivity contribution in [3.8, 4) is 0 Å². The number of Topliss-reactive ketones (excluding diaryl/α,β-unsaturated/α-hetero) is 1. The normalized spacial score (nSPS) is 25.5. The van der Waals surface area contributed by atoms with Gasteiger partial charge in [-0.05, 0) is 99.9 Å². The SMILES string of the molecule is CC(=O)O[C@@]12CO[C@@H]1C[C@H](OC(=O)N(C)CCN(C)C(=O)OCc1ccc(NC(=O)[C@H](CCCNC(N)=O)NC(=O)[C@@H](N)C(C)C)cc1)[C@@]1(C)C(=O)[C@H](O)C3=C(C)[C@@H](OC(=O)[C@H](O)[C@@H](NC(=O)OC(C)(C)C)c4ccccc4)C[C@@](O)([C@@H](OC(=O)c4ccccc4)[C@H]21)C3(C)C. The third kappa shape index (κ3) is 16.3. The molecule has 1 saturated heterocycles. The predicted octanol–water partition coefficient (Wildman–Crippen LogP) is 4.46. The van der Waals surface area contributed by atoms with Gasteiger partial charge in [0.1, 0.15) is 54.4 Å². The minimum atomic E-state index is -2.54. The van der Waals surface area contributed by atoms with E-state index < -0.39 is 161 Å². The third-order valence-electron chi connectivity index (χ3n) is 18.4. The number of nitrogens with two attached hydrogens (primary N) is 2. The van der Waals surface area contributed by atoms with E-state index in [4.69, 9.17) is 44.6 Å². The zero-order chi connectivity index (χ0) is 70.3. The van der Waals surface area contributed by atoms with Crippen molar-refractivity contribution in [1.29, 1.82) is 0 Å². The second-order valence-electron chi connectivity index (χ2n) is 26.8. The smallest absolute Gasteiger partial charge is 0.409 e. The molecule has 28 nitrogen and oxygen atoms in total. The van der Waals surface area contributed by atoms with Crippen molar-refractivity contribution in [2.75, 3.05) is 45.7 Å². The van der Waals surface area contributed by atoms with Gasteiger partial charge in [-0.15, -0.1) is 0 Å². The summed E-state index contributed by atoms with van der Waals surface area (Å²) in [5.74, 6) is -7.25. The van der Waals surface area contributed by atoms with Crippen molar-refractivity contribution in [3.63, 3.8) is 0 Å². The Morgan fingerprint density at radius 1 is 0.832 bits per heavy atom. The first-order valence-electron chi connectivity index (χ1n) is 31.4. The Kier molecular flexibility index (Phi) is 23.2. The number of carbonyl (C=O) groups excluding carboxylic acids is 10. The van der Waals surface area contributed by atoms with Crippen LogP contribution in [0.2, 0.25) is 0 Å². The number of rotatable bonds is 23. The molecule has 13 atom stereocenters. The number of carbonyl (C=O) groups is 10. The van der Waals surface area contributed by atoms with E-state index in [1.54, 1.807) is 107 Å². The fraction of sp³-hybridized carbons (Fsp3) is 0.552. The van der Waals surface area contributed by atoms with E-state index in [-0.39, 0.29) is 67.3 Å². The highest BCUT2D eigenvalue weighted by molar-refractivity contribution is 5.98. The number of urea groups is 1. The summed E-state index contributed by atoms with van der Waals surface area (Å²) >= 11 is 0. The highest BCUT2D eigenvalue weighted by Gasteiger charge is 2.79. The second-order valence-corrected chi connectivity index (χ2v) is 26.8. The van der Waals surface area contributed by atoms with Gasteiger partial charge in [-0.3, -0.25) is 19.2 Å². The number of benzene rings is 3. The van der Waals surface area contributed by atoms with E-state index in [9.17, 15) is 58.5 Å². The minimum absolute atomic E-state index is 0.00962. The van der Waals surface area contributed by atoms with Gasteiger partial charge < -0.3 is 91.0 Å². The monoisotopic (exact) mass is 1330 g/mol. The van der Waals surface area contributed by atoms with Crippen LogP contribution in [0.15, 0.2) is 96.1 Å². The van der Waals surface area contributed by atoms with Gasteiger partial charge in [0.15, 0.2) is 17.5 Å². The molecule has 2 saturated carbocycles. The van der Waals surface area contributed by atoms with Crippen LogP contribution >= 0.6 is 0 Å². The number of ether oxygens (including phenoxy) is 7. The molecule has 4 aliphatic rings. The predicted molar refractivity (Wildman–Crippen MR) is 340 cm³/mol. The van der Waals surface area contributed by atoms with Crippen LogP contribution in [0.5, 0.6) is 0 Å². The van der Waals surface area contributed by atoms with Gasteiger partial charge >= 0.3 is 42.2 Å². The zero-order valence-electron chi connectivity index (χ0n) is 55.6. The summed E-state index contributed by atoms with van der Waals surface area (Å²) in [7, 11) is 2.79. The van der Waals surface area contributed by atoms with Crippen LogP contribution in [0.1, 0.15) is 122 Å². The molecule has 2 bridgehead atoms. The van der Waals surface area contributed by atoms with Crippen LogP contribution in [0.4, 0.5) is 24.9 Å². The molecule has 0 aromatic heterocycles. The summed E-state index contributed by atoms with van der Waals surface area (Å²) in [6, 6.07) is 17.9. The molecule has 0 unspecified atom stereocenters. The molecular weight excluding hydrogens is 1240 g/mol. The van der Waals surface area contributed by atoms with Crippen molar-refractivity contribution >= 4 is 65.5 Å². The molecule has 1 heterocycles. The summed E-state index contributed by atoms with van der Waals surface area (Å²) in [6.45, 7) is 14.5. The number of anilines is 1. The number of alkyl carbamates (subject to hydrolysis) is 1. The lowest BCUT2D eigenvalue weighted by atomic mass is 9.44. The number of primary amides is 1. The maximum Gasteiger partial charge on any atom is 0.409 e. The lowest BCUT2D eigenvalue weighted by Gasteiger charge is -2.67. The maximum atomic E-state index is 16.0. The van der Waals surface area contributed by atoms with E-state index in [2.05, 4.69) is 21.3 Å². The molecule has 3 aliphatic carbocycles. The fourth-order valence-corrected chi connectivity index (χ4v) is 12.9. The van der Waals surface area contributed by atoms with Crippen LogP contribution in [0, 0.1) is 22.7 Å². The van der Waals surface area contributed by atoms with Gasteiger partial charge in [0, 0.05) is 64.6 Å². The molecule has 518 valence electrons. The molecule has 3 aromatic carbocycles. The number of likely N-dealkylation sites (N-methyl/N-ethyl adjacent to an activating group) is 2. The average Bonchev–Trinajstić information content (AvgIpc) is 0.670. The molecule has 95 heavy (non-hydrogen) atoms. The first-order chi connectivity index (χ1) is 44.5. The molecule has 0 spiro atoms. The van der Waals surface area contributed by atoms with E-state index in [0.29, 0.717) is 17.7 Å². The Hall–Kier alpha value is -8.70. The third-order valence-corrected chi connectivity index (χ3v) is 18.4. The van der Waals surface area contributed by atoms with Crippen molar-refractivity contribution in [3.05, 3.63) is 113 Å². The number of ketones is 1. The largest absolute Gasteiger partial charge is 0.456 e. The number of nitrogens with zero attached hydrogens (tertiary/aromatic N) is 2. The van der Waals surface area contributed by atoms with Crippen LogP contribution in [-0.4, -0.2) is 191 Å². The maximum absolute atomic E-state index is 16.0. The molecule has 28 heteroatoms. The quantitative estimate of drug-likeness (QED) is 0.0274. The fourth-order valence-electron chi connectivity index (χ4n) is 12.9. The lowest BCUT2D eigenvalue weighted by Crippen LogP contribution is -2.82. The van der Waals surface area contributed by atoms with Crippen molar-refractivity contribution in [1.82, 2.24) is 25.8 Å². The molecule has 7 amide bonds. The number of hydrogen-bond donors (Lipinski definition) is 9. The van der Waals surface area contributed by atoms with E-state index in [1.807, 2.05) is 0 Å². The van der Waals surface area contributed by atoms with E-state index in [1.165, 1.54) is 58.8 Å². The number of aliphatic hydroxyl groups is 3. The van der Waals surface area contributed by atoms with E-state index in [0.717, 1.165) is 11.8 Å². The van der Waals surface area contributed by atoms with Crippen LogP contribution in [-0.2, 0) is 63.7 Å². The highest BCUT2D eigenvalue weighted by atomic mass is 16.6. The lowest BCUT2D eigenvalue weighted by molar-refractivity contribution is -0.345. The summed E-state index contributed by atoms with van der Waals surface area (Å²) in [6.07, 6.45) is -14.1. The van der Waals surface area contributed by atoms with Gasteiger partial charge in [0.25, 0.3) is 0 Å². The zero-order valence-corrected chi connectivity index (χ0v) is 55.6. The standard InChI is InChI=1S/C67H90N8O20/c1-36(2)48(68)56(81)72-43(24-19-29-70-59(69)84)55(80)71-42-27-25-39(26-28-42)34-89-61(86)74(11)30-31-75(12)62(87)92-45-32-46-66(35-90-46,94-38(4)76)52-54(93-57(82)41-22-17-14-18-23-41)67(88)33-44(37(3)47(64(67,8)9)50(77)53(79)65(45,52)10)91-58(83)51(78)49(40-20-15-13-16-21-40)73-60(85)95-63(5,6)7/h13-18,20-23,25-28,36,43-46,48-52,54,77-78,88H,19,24,29-35,68H2,1-12H3,(H,71,80)(H,72,81)(H,73,85)(H3,69,70,84)/t43-,44-,45-,46+,48-,49-,50+,51+,52-,54-,65+,66-,67+/m0/s1. The van der Waals surface area contributed by atoms with Gasteiger partial charge in [-0.1, -0.05) is 88.4 Å². The Morgan fingerprint density at radius 3 is 2.01 bits per heavy atom. The first-order valence-corrected chi connectivity index (χ1v) is 31.4. The molecule has 1 aliphatic heterocycles. The molecular formula is C67H90N8O20. The molecule has 3 aromatic rings. The topological polar surface area (TPSA) is 403 Å². The minimum Gasteiger partial charge on any atom is -0.456 e. The highest BCUT2D eigenvalue weighted by Crippen LogP contribution is 2.65. The summed E-state index contributed by atoms with van der Waals surface area (Å²) in [4.78, 5) is 139. The molecule has 3 fully saturated rings. The molecule has 7 rings (SSSR count). The molecule has 11 N–H and O–H groups in total. The summed E-state index contributed by atoms with van der Waals surface area (Å²) in [5, 5.41) is 49.1. The first kappa shape index (κ1) is 73.7. The number of hydrogen-bond acceptors (Lipinski definition) is 21. The van der Waals surface area contributed by atoms with Gasteiger partial charge in [0.05, 0.1) is 35.6 Å². The Bertz CT molecular complexity index is 3360. The number of nitrogens with one attached hydrogen (secondary N) is 4. The number of esters is 3. The Morgan fingerprint density at radius 2 is 1.44 bits per heavy atom. The Balaban J connectivity index is 1.13. The average molecular weight is 1330 g/mol. The Labute approximate surface area is 551 Å². The molecule has 0 radical (unpaired) electrons. The number of amides is 7. The van der Waals surface area contributed by atoms with E-state index >= 15 is 4.79 Å². The van der Waals surface area contributed by atoms with Crippen LogP contribution in [0.25, 0.3) is 0 Å². The van der Waals surface area contributed by atoms with Crippen LogP contribution < -0.4 is 32.7 Å². The van der Waals surface area contributed by atoms with Gasteiger partial charge in [-0.2, -0.15) is 0 Å².